The van der Waals surface area contributed by atoms with E-state index in [9.17, 15) is 35.6 Å². The van der Waals surface area contributed by atoms with E-state index in [1.807, 2.05) is 26.1 Å². The summed E-state index contributed by atoms with van der Waals surface area (Å²) in [5.74, 6) is -6.03. The van der Waals surface area contributed by atoms with Crippen LogP contribution in [0.3, 0.4) is 0 Å². The molecule has 6 rings (SSSR count). The number of ether oxygens (including phenoxy) is 1. The molecule has 0 bridgehead atoms. The van der Waals surface area contributed by atoms with Crippen molar-refractivity contribution in [2.24, 2.45) is 5.41 Å². The van der Waals surface area contributed by atoms with Crippen molar-refractivity contribution in [1.29, 1.82) is 5.41 Å². The Balaban J connectivity index is 1.42. The molecule has 4 aromatic rings. The van der Waals surface area contributed by atoms with Crippen molar-refractivity contribution in [2.75, 3.05) is 12.9 Å². The molecule has 1 saturated heterocycles. The number of nitrogens with one attached hydrogen (secondary N) is 3. The third kappa shape index (κ3) is 7.48. The van der Waals surface area contributed by atoms with Crippen LogP contribution in [0.2, 0.25) is 5.02 Å². The van der Waals surface area contributed by atoms with E-state index in [1.54, 1.807) is 0 Å². The third-order valence-electron chi connectivity index (χ3n) is 8.78. The number of carbonyl (C=O) groups is 2. The van der Waals surface area contributed by atoms with Gasteiger partial charge in [0.1, 0.15) is 30.3 Å². The molecule has 3 atom stereocenters. The molecule has 2 aliphatic rings. The van der Waals surface area contributed by atoms with Crippen molar-refractivity contribution in [1.82, 2.24) is 39.5 Å². The molecular weight excluding hydrogens is 765 g/mol. The lowest BCUT2D eigenvalue weighted by molar-refractivity contribution is -0.134. The normalized spacial score (nSPS) is 20.3. The zero-order chi connectivity index (χ0) is 39.5. The molecule has 0 radical (unpaired) electrons. The first kappa shape index (κ1) is 38.6. The molecule has 2 fully saturated rings. The van der Waals surface area contributed by atoms with E-state index in [1.165, 1.54) is 30.3 Å². The van der Waals surface area contributed by atoms with Crippen LogP contribution in [0.25, 0.3) is 16.8 Å². The number of nitrogens with zero attached hydrogens (tertiary/aromatic N) is 6. The van der Waals surface area contributed by atoms with Crippen LogP contribution < -0.4 is 10.6 Å². The van der Waals surface area contributed by atoms with Gasteiger partial charge in [-0.15, -0.1) is 0 Å². The van der Waals surface area contributed by atoms with E-state index in [0.717, 1.165) is 40.6 Å². The van der Waals surface area contributed by atoms with E-state index in [0.29, 0.717) is 4.09 Å². The maximum Gasteiger partial charge on any atom is 0.407 e. The van der Waals surface area contributed by atoms with Crippen molar-refractivity contribution < 1.29 is 44.7 Å². The topological polar surface area (TPSA) is 177 Å². The average Bonchev–Trinajstić information content (AvgIpc) is 3.53. The highest BCUT2D eigenvalue weighted by Crippen LogP contribution is 2.44. The largest absolute Gasteiger partial charge is 0.447 e. The summed E-state index contributed by atoms with van der Waals surface area (Å²) in [5, 5.41) is 21.5. The molecule has 0 unspecified atom stereocenters. The molecule has 2 aromatic heterocycles. The minimum Gasteiger partial charge on any atom is -0.447 e. The van der Waals surface area contributed by atoms with Crippen molar-refractivity contribution in [3.8, 4) is 16.8 Å². The Bertz CT molecular complexity index is 2260. The first-order chi connectivity index (χ1) is 25.1. The van der Waals surface area contributed by atoms with Crippen LogP contribution in [0.4, 0.5) is 26.7 Å². The Hall–Kier alpha value is -5.11. The number of halogens is 6. The Kier molecular flexibility index (Phi) is 9.75. The summed E-state index contributed by atoms with van der Waals surface area (Å²) in [4.78, 5) is 32.0. The van der Waals surface area contributed by atoms with E-state index >= 15 is 4.39 Å². The van der Waals surface area contributed by atoms with E-state index in [4.69, 9.17) is 21.7 Å². The summed E-state index contributed by atoms with van der Waals surface area (Å²) in [6, 6.07) is 4.97. The summed E-state index contributed by atoms with van der Waals surface area (Å²) in [6.07, 6.45) is -0.815. The SMILES string of the molecule is CC(C)(C)C[C@]1(c2ccc(-c3cnn(S(C)(=O)=O)c3)c(F)c2)NC(=N)N([C@H](COC(=O)N[C@H]2CC2(F)F)c2ccc(Cl)c(-n3ncnc3C(F)F)c2)C1=O. The molecule has 1 aliphatic heterocycles. The number of amides is 2. The number of alkyl carbamates (subject to hydrolysis) is 1. The fourth-order valence-electron chi connectivity index (χ4n) is 6.29. The van der Waals surface area contributed by atoms with Crippen LogP contribution in [-0.4, -0.2) is 80.1 Å². The zero-order valence-electron chi connectivity index (χ0n) is 29.0. The molecule has 288 valence electrons. The van der Waals surface area contributed by atoms with E-state index in [-0.39, 0.29) is 39.4 Å². The van der Waals surface area contributed by atoms with E-state index in [2.05, 4.69) is 20.5 Å². The number of aromatic nitrogens is 5. The second-order valence-electron chi connectivity index (χ2n) is 14.2. The first-order valence-corrected chi connectivity index (χ1v) is 18.4. The second kappa shape index (κ2) is 13.6. The van der Waals surface area contributed by atoms with Gasteiger partial charge in [0.05, 0.1) is 35.4 Å². The van der Waals surface area contributed by atoms with Gasteiger partial charge in [-0.25, -0.2) is 44.8 Å². The molecule has 0 spiro atoms. The minimum absolute atomic E-state index is 0.0179. The van der Waals surface area contributed by atoms with Crippen molar-refractivity contribution in [3.05, 3.63) is 82.9 Å². The Morgan fingerprint density at radius 1 is 1.19 bits per heavy atom. The maximum absolute atomic E-state index is 15.9. The van der Waals surface area contributed by atoms with Crippen LogP contribution >= 0.6 is 11.6 Å². The Morgan fingerprint density at radius 3 is 2.48 bits per heavy atom. The van der Waals surface area contributed by atoms with E-state index < -0.39 is 88.0 Å². The minimum atomic E-state index is -3.77. The lowest BCUT2D eigenvalue weighted by Gasteiger charge is -2.35. The molecule has 21 heteroatoms. The first-order valence-electron chi connectivity index (χ1n) is 16.2. The second-order valence-corrected chi connectivity index (χ2v) is 16.4. The monoisotopic (exact) mass is 797 g/mol. The van der Waals surface area contributed by atoms with Crippen molar-refractivity contribution >= 4 is 39.6 Å². The fraction of sp³-hybridized carbons (Fsp3) is 0.394. The van der Waals surface area contributed by atoms with Crippen LogP contribution in [0.15, 0.2) is 55.1 Å². The molecule has 1 aliphatic carbocycles. The van der Waals surface area contributed by atoms with Gasteiger partial charge in [0.15, 0.2) is 11.8 Å². The number of hydrogen-bond acceptors (Lipinski definition) is 9. The summed E-state index contributed by atoms with van der Waals surface area (Å²) < 4.78 is 101. The molecular formula is C33H33ClF5N9O5S. The molecule has 2 amide bonds. The standard InChI is InChI=1S/C33H33ClF5N9O5S/c1-31(2,3)15-32(19-6-7-20(22(35)10-19)18-12-42-46(13-18)54(4,51)52)28(49)47(29(40)45-32)24(14-53-30(50)44-25-11-33(25,38)39)17-5-8-21(34)23(9-17)48-27(26(36)37)41-16-43-48/h5-10,12-13,16,24-26H,11,14-15H2,1-4H3,(H2,40,45)(H,44,50)/t24-,25+,32-/m1/s1. The Labute approximate surface area is 310 Å². The fourth-order valence-corrected chi connectivity index (χ4v) is 7.01. The predicted molar refractivity (Wildman–Crippen MR) is 183 cm³/mol. The van der Waals surface area contributed by atoms with Gasteiger partial charge in [0.2, 0.25) is 0 Å². The molecule has 2 aromatic carbocycles. The summed E-state index contributed by atoms with van der Waals surface area (Å²) in [6.45, 7) is 4.71. The van der Waals surface area contributed by atoms with Crippen LogP contribution in [-0.2, 0) is 25.1 Å². The van der Waals surface area contributed by atoms with Gasteiger partial charge in [-0.2, -0.15) is 14.3 Å². The molecule has 3 heterocycles. The van der Waals surface area contributed by atoms with Gasteiger partial charge in [-0.3, -0.25) is 15.1 Å². The smallest absolute Gasteiger partial charge is 0.407 e. The molecule has 54 heavy (non-hydrogen) atoms. The lowest BCUT2D eigenvalue weighted by Crippen LogP contribution is -2.47. The highest BCUT2D eigenvalue weighted by Gasteiger charge is 2.58. The van der Waals surface area contributed by atoms with Crippen LogP contribution in [0, 0.1) is 16.6 Å². The summed E-state index contributed by atoms with van der Waals surface area (Å²) >= 11 is 6.39. The van der Waals surface area contributed by atoms with Crippen LogP contribution in [0.1, 0.15) is 63.0 Å². The highest BCUT2D eigenvalue weighted by molar-refractivity contribution is 7.89. The molecule has 1 saturated carbocycles. The van der Waals surface area contributed by atoms with Crippen LogP contribution in [0.5, 0.6) is 0 Å². The average molecular weight is 798 g/mol. The summed E-state index contributed by atoms with van der Waals surface area (Å²) in [7, 11) is -3.77. The van der Waals surface area contributed by atoms with Gasteiger partial charge in [0, 0.05) is 17.5 Å². The summed E-state index contributed by atoms with van der Waals surface area (Å²) in [5.41, 5.74) is -2.27. The number of hydrogen-bond donors (Lipinski definition) is 3. The van der Waals surface area contributed by atoms with Crippen molar-refractivity contribution in [3.63, 3.8) is 0 Å². The predicted octanol–water partition coefficient (Wildman–Crippen LogP) is 5.54. The quantitative estimate of drug-likeness (QED) is 0.165. The zero-order valence-corrected chi connectivity index (χ0v) is 30.5. The van der Waals surface area contributed by atoms with Gasteiger partial charge >= 0.3 is 6.09 Å². The number of guanidine groups is 1. The highest BCUT2D eigenvalue weighted by atomic mass is 35.5. The number of rotatable bonds is 11. The Morgan fingerprint density at radius 2 is 1.89 bits per heavy atom. The molecule has 3 N–H and O–H groups in total. The number of alkyl halides is 4. The van der Waals surface area contributed by atoms with Gasteiger partial charge < -0.3 is 15.4 Å². The van der Waals surface area contributed by atoms with Gasteiger partial charge in [0.25, 0.3) is 28.3 Å². The van der Waals surface area contributed by atoms with Gasteiger partial charge in [-0.1, -0.05) is 50.6 Å². The molecule has 14 nitrogen and oxygen atoms in total. The van der Waals surface area contributed by atoms with Gasteiger partial charge in [-0.05, 0) is 41.2 Å². The number of benzene rings is 2. The number of carbonyl (C=O) groups excluding carboxylic acids is 2. The lowest BCUT2D eigenvalue weighted by atomic mass is 9.75. The maximum atomic E-state index is 15.9. The third-order valence-corrected chi connectivity index (χ3v) is 9.98. The van der Waals surface area contributed by atoms with Crippen molar-refractivity contribution in [2.45, 2.75) is 63.6 Å².